The van der Waals surface area contributed by atoms with Crippen molar-refractivity contribution in [2.45, 2.75) is 19.0 Å². The smallest absolute Gasteiger partial charge is 0.341 e. The van der Waals surface area contributed by atoms with E-state index in [0.717, 1.165) is 17.0 Å². The van der Waals surface area contributed by atoms with Gasteiger partial charge in [0.15, 0.2) is 5.16 Å². The molecule has 0 atom stereocenters. The van der Waals surface area contributed by atoms with Gasteiger partial charge in [-0.25, -0.2) is 4.79 Å². The lowest BCUT2D eigenvalue weighted by Gasteiger charge is -2.10. The van der Waals surface area contributed by atoms with Gasteiger partial charge in [0.05, 0.1) is 35.6 Å². The number of hydrogen-bond donors (Lipinski definition) is 2. The van der Waals surface area contributed by atoms with Crippen LogP contribution in [0.5, 0.6) is 5.75 Å². The van der Waals surface area contributed by atoms with Gasteiger partial charge in [-0.15, -0.1) is 21.5 Å². The Morgan fingerprint density at radius 2 is 2.00 bits per heavy atom. The van der Waals surface area contributed by atoms with E-state index < -0.39 is 5.97 Å². The number of thiophene rings is 1. The maximum absolute atomic E-state index is 12.7. The summed E-state index contributed by atoms with van der Waals surface area (Å²) in [5, 5.41) is 14.0. The molecule has 0 aliphatic carbocycles. The lowest BCUT2D eigenvalue weighted by molar-refractivity contribution is -0.113. The van der Waals surface area contributed by atoms with Gasteiger partial charge in [-0.05, 0) is 31.5 Å². The van der Waals surface area contributed by atoms with Crippen LogP contribution in [0.2, 0.25) is 0 Å². The first-order chi connectivity index (χ1) is 15.9. The number of para-hydroxylation sites is 2. The topological polar surface area (TPSA) is 124 Å². The number of methoxy groups -OCH3 is 1. The minimum absolute atomic E-state index is 0.00234. The van der Waals surface area contributed by atoms with Crippen LogP contribution in [0.1, 0.15) is 32.5 Å². The van der Waals surface area contributed by atoms with Crippen LogP contribution in [-0.2, 0) is 9.53 Å². The minimum atomic E-state index is -0.597. The van der Waals surface area contributed by atoms with Crippen molar-refractivity contribution in [3.05, 3.63) is 46.6 Å². The second-order valence-electron chi connectivity index (χ2n) is 6.55. The molecule has 0 unspecified atom stereocenters. The fraction of sp³-hybridized carbons (Fsp3) is 0.286. The second-order valence-corrected chi connectivity index (χ2v) is 8.52. The largest absolute Gasteiger partial charge is 0.495 e. The zero-order valence-corrected chi connectivity index (χ0v) is 20.1. The number of carbonyl (C=O) groups excluding carboxylic acids is 3. The summed E-state index contributed by atoms with van der Waals surface area (Å²) in [7, 11) is 3.07. The van der Waals surface area contributed by atoms with E-state index >= 15 is 0 Å². The number of amides is 2. The average molecular weight is 490 g/mol. The average Bonchev–Trinajstić information content (AvgIpc) is 3.41. The molecule has 174 valence electrons. The zero-order chi connectivity index (χ0) is 24.0. The fourth-order valence-electron chi connectivity index (χ4n) is 2.99. The highest BCUT2D eigenvalue weighted by Crippen LogP contribution is 2.34. The summed E-state index contributed by atoms with van der Waals surface area (Å²) in [5.41, 5.74) is 1.37. The number of anilines is 1. The van der Waals surface area contributed by atoms with Gasteiger partial charge in [-0.3, -0.25) is 14.2 Å². The molecule has 2 N–H and O–H groups in total. The molecule has 2 aromatic heterocycles. The number of nitrogens with zero attached hydrogens (tertiary/aromatic N) is 3. The number of rotatable bonds is 9. The van der Waals surface area contributed by atoms with E-state index in [1.807, 2.05) is 24.3 Å². The summed E-state index contributed by atoms with van der Waals surface area (Å²) in [5.74, 6) is -0.672. The van der Waals surface area contributed by atoms with Crippen LogP contribution < -0.4 is 15.4 Å². The van der Waals surface area contributed by atoms with Crippen molar-refractivity contribution in [1.29, 1.82) is 0 Å². The predicted molar refractivity (Wildman–Crippen MR) is 126 cm³/mol. The minimum Gasteiger partial charge on any atom is -0.495 e. The molecule has 0 spiro atoms. The van der Waals surface area contributed by atoms with E-state index in [9.17, 15) is 14.4 Å². The van der Waals surface area contributed by atoms with Crippen LogP contribution in [0.4, 0.5) is 5.00 Å². The van der Waals surface area contributed by atoms with E-state index in [1.165, 1.54) is 25.1 Å². The fourth-order valence-corrected chi connectivity index (χ4v) is 4.87. The van der Waals surface area contributed by atoms with Crippen molar-refractivity contribution in [2.75, 3.05) is 31.8 Å². The third-order valence-corrected chi connectivity index (χ3v) is 6.66. The molecule has 0 saturated heterocycles. The van der Waals surface area contributed by atoms with Crippen LogP contribution in [0, 0.1) is 6.92 Å². The molecule has 0 saturated carbocycles. The summed E-state index contributed by atoms with van der Waals surface area (Å²) in [6.07, 6.45) is 1.54. The van der Waals surface area contributed by atoms with Gasteiger partial charge < -0.3 is 20.1 Å². The quantitative estimate of drug-likeness (QED) is 0.347. The highest BCUT2D eigenvalue weighted by Gasteiger charge is 2.26. The molecule has 33 heavy (non-hydrogen) atoms. The van der Waals surface area contributed by atoms with Gasteiger partial charge in [0.2, 0.25) is 5.91 Å². The number of benzene rings is 1. The number of aromatic nitrogens is 3. The van der Waals surface area contributed by atoms with Crippen molar-refractivity contribution in [3.63, 3.8) is 0 Å². The van der Waals surface area contributed by atoms with Gasteiger partial charge in [0.1, 0.15) is 17.1 Å². The molecule has 3 aromatic rings. The van der Waals surface area contributed by atoms with Gasteiger partial charge in [0.25, 0.3) is 5.91 Å². The maximum Gasteiger partial charge on any atom is 0.341 e. The molecule has 0 aliphatic heterocycles. The van der Waals surface area contributed by atoms with E-state index in [2.05, 4.69) is 20.8 Å². The Hall–Kier alpha value is -3.38. The summed E-state index contributed by atoms with van der Waals surface area (Å²) >= 11 is 2.20. The molecule has 1 aromatic carbocycles. The van der Waals surface area contributed by atoms with Crippen LogP contribution in [0.25, 0.3) is 5.69 Å². The molecule has 0 radical (unpaired) electrons. The molecule has 0 aliphatic rings. The number of thioether (sulfide) groups is 1. The molecule has 0 fully saturated rings. The summed E-state index contributed by atoms with van der Waals surface area (Å²) < 4.78 is 12.2. The molecular formula is C21H23N5O5S2. The van der Waals surface area contributed by atoms with Crippen molar-refractivity contribution < 1.29 is 23.9 Å². The van der Waals surface area contributed by atoms with E-state index in [0.29, 0.717) is 21.3 Å². The Bertz CT molecular complexity index is 1170. The molecular weight excluding hydrogens is 466 g/mol. The third kappa shape index (κ3) is 5.34. The van der Waals surface area contributed by atoms with Gasteiger partial charge in [0, 0.05) is 7.05 Å². The highest BCUT2D eigenvalue weighted by atomic mass is 32.2. The Labute approximate surface area is 198 Å². The van der Waals surface area contributed by atoms with Crippen LogP contribution >= 0.6 is 23.1 Å². The molecule has 2 heterocycles. The molecule has 10 nitrogen and oxygen atoms in total. The van der Waals surface area contributed by atoms with Gasteiger partial charge >= 0.3 is 5.97 Å². The number of esters is 1. The van der Waals surface area contributed by atoms with E-state index in [1.54, 1.807) is 25.5 Å². The second kappa shape index (κ2) is 11.0. The van der Waals surface area contributed by atoms with Crippen LogP contribution in [0.3, 0.4) is 0 Å². The van der Waals surface area contributed by atoms with E-state index in [4.69, 9.17) is 9.47 Å². The highest BCUT2D eigenvalue weighted by molar-refractivity contribution is 7.99. The Morgan fingerprint density at radius 3 is 2.70 bits per heavy atom. The lowest BCUT2D eigenvalue weighted by atomic mass is 10.1. The van der Waals surface area contributed by atoms with Crippen molar-refractivity contribution >= 4 is 45.9 Å². The number of carbonyl (C=O) groups is 3. The van der Waals surface area contributed by atoms with Crippen molar-refractivity contribution in [3.8, 4) is 11.4 Å². The van der Waals surface area contributed by atoms with Crippen LogP contribution in [0.15, 0.2) is 35.7 Å². The Kier molecular flexibility index (Phi) is 8.06. The monoisotopic (exact) mass is 489 g/mol. The SMILES string of the molecule is CCOC(=O)c1c(NC(=O)CSc2nncn2-c2ccccc2OC)sc(C(=O)NC)c1C. The third-order valence-electron chi connectivity index (χ3n) is 4.51. The number of nitrogens with one attached hydrogen (secondary N) is 2. The van der Waals surface area contributed by atoms with Gasteiger partial charge in [-0.2, -0.15) is 0 Å². The zero-order valence-electron chi connectivity index (χ0n) is 18.5. The summed E-state index contributed by atoms with van der Waals surface area (Å²) in [4.78, 5) is 37.7. The molecule has 2 amide bonds. The standard InChI is InChI=1S/C21H23N5O5S2/c1-5-31-20(29)16-12(2)17(18(28)22-3)33-19(16)24-15(27)10-32-21-25-23-11-26(21)13-8-6-7-9-14(13)30-4/h6-9,11H,5,10H2,1-4H3,(H,22,28)(H,24,27). The Balaban J connectivity index is 1.78. The summed E-state index contributed by atoms with van der Waals surface area (Å²) in [6.45, 7) is 3.50. The maximum atomic E-state index is 12.7. The molecule has 12 heteroatoms. The predicted octanol–water partition coefficient (Wildman–Crippen LogP) is 2.91. The van der Waals surface area contributed by atoms with Crippen molar-refractivity contribution in [2.24, 2.45) is 0 Å². The van der Waals surface area contributed by atoms with Crippen LogP contribution in [-0.4, -0.2) is 59.1 Å². The first kappa shape index (κ1) is 24.3. The number of ether oxygens (including phenoxy) is 2. The number of hydrogen-bond acceptors (Lipinski definition) is 9. The van der Waals surface area contributed by atoms with Crippen molar-refractivity contribution in [1.82, 2.24) is 20.1 Å². The first-order valence-electron chi connectivity index (χ1n) is 9.89. The first-order valence-corrected chi connectivity index (χ1v) is 11.7. The van der Waals surface area contributed by atoms with Gasteiger partial charge in [-0.1, -0.05) is 23.9 Å². The lowest BCUT2D eigenvalue weighted by Crippen LogP contribution is -2.18. The van der Waals surface area contributed by atoms with E-state index in [-0.39, 0.29) is 34.7 Å². The molecule has 0 bridgehead atoms. The molecule has 3 rings (SSSR count). The normalized spacial score (nSPS) is 10.5. The Morgan fingerprint density at radius 1 is 1.24 bits per heavy atom. The summed E-state index contributed by atoms with van der Waals surface area (Å²) in [6, 6.07) is 7.38.